The van der Waals surface area contributed by atoms with Gasteiger partial charge < -0.3 is 5.32 Å². The molecule has 2 heterocycles. The fourth-order valence-electron chi connectivity index (χ4n) is 2.94. The second-order valence-corrected chi connectivity index (χ2v) is 7.82. The summed E-state index contributed by atoms with van der Waals surface area (Å²) in [7, 11) is 0. The Labute approximate surface area is 163 Å². The molecule has 0 spiro atoms. The minimum absolute atomic E-state index is 0.119. The Morgan fingerprint density at radius 1 is 0.926 bits per heavy atom. The maximum atomic E-state index is 6.33. The molecule has 0 aliphatic carbocycles. The third kappa shape index (κ3) is 3.38. The van der Waals surface area contributed by atoms with Crippen LogP contribution in [0.1, 0.15) is 26.3 Å². The zero-order valence-electron chi connectivity index (χ0n) is 15.4. The first-order valence-corrected chi connectivity index (χ1v) is 9.12. The molecule has 2 aromatic heterocycles. The fraction of sp³-hybridized carbons (Fsp3) is 0.190. The summed E-state index contributed by atoms with van der Waals surface area (Å²) >= 11 is 6.33. The molecule has 27 heavy (non-hydrogen) atoms. The van der Waals surface area contributed by atoms with E-state index in [4.69, 9.17) is 11.6 Å². The highest BCUT2D eigenvalue weighted by Crippen LogP contribution is 2.28. The number of hydrogen-bond donors (Lipinski definition) is 1. The van der Waals surface area contributed by atoms with E-state index in [2.05, 4.69) is 65.3 Å². The number of fused-ring (bicyclic) bond motifs is 1. The Morgan fingerprint density at radius 2 is 1.67 bits per heavy atom. The number of hydrogen-bond acceptors (Lipinski definition) is 4. The van der Waals surface area contributed by atoms with Gasteiger partial charge in [-0.3, -0.25) is 4.57 Å². The Bertz CT molecular complexity index is 1090. The van der Waals surface area contributed by atoms with Crippen molar-refractivity contribution < 1.29 is 0 Å². The molecule has 0 bridgehead atoms. The van der Waals surface area contributed by atoms with Gasteiger partial charge in [-0.1, -0.05) is 56.6 Å². The molecule has 4 aromatic rings. The van der Waals surface area contributed by atoms with Crippen LogP contribution >= 0.6 is 11.6 Å². The molecule has 0 unspecified atom stereocenters. The van der Waals surface area contributed by atoms with E-state index in [9.17, 15) is 0 Å². The van der Waals surface area contributed by atoms with Crippen LogP contribution < -0.4 is 5.32 Å². The van der Waals surface area contributed by atoms with Crippen molar-refractivity contribution in [2.45, 2.75) is 26.2 Å². The lowest BCUT2D eigenvalue weighted by Crippen LogP contribution is -2.10. The van der Waals surface area contributed by atoms with Crippen molar-refractivity contribution in [3.8, 4) is 5.69 Å². The van der Waals surface area contributed by atoms with E-state index in [1.165, 1.54) is 11.9 Å². The van der Waals surface area contributed by atoms with Crippen LogP contribution in [0.2, 0.25) is 5.02 Å². The molecule has 0 atom stereocenters. The van der Waals surface area contributed by atoms with E-state index in [1.54, 1.807) is 6.33 Å². The Hall–Kier alpha value is -2.92. The molecule has 0 radical (unpaired) electrons. The van der Waals surface area contributed by atoms with Gasteiger partial charge in [0.2, 0.25) is 0 Å². The second-order valence-electron chi connectivity index (χ2n) is 7.41. The third-order valence-corrected chi connectivity index (χ3v) is 4.78. The van der Waals surface area contributed by atoms with E-state index in [1.807, 2.05) is 28.8 Å². The molecule has 0 amide bonds. The van der Waals surface area contributed by atoms with Gasteiger partial charge in [-0.05, 0) is 35.2 Å². The molecule has 2 aromatic carbocycles. The maximum absolute atomic E-state index is 6.33. The predicted molar refractivity (Wildman–Crippen MR) is 110 cm³/mol. The Morgan fingerprint density at radius 3 is 2.37 bits per heavy atom. The van der Waals surface area contributed by atoms with Crippen LogP contribution in [0.25, 0.3) is 16.9 Å². The normalized spacial score (nSPS) is 11.7. The van der Waals surface area contributed by atoms with Crippen molar-refractivity contribution in [3.63, 3.8) is 0 Å². The van der Waals surface area contributed by atoms with Gasteiger partial charge in [-0.25, -0.2) is 15.0 Å². The van der Waals surface area contributed by atoms with Crippen molar-refractivity contribution >= 4 is 34.3 Å². The van der Waals surface area contributed by atoms with Gasteiger partial charge in [-0.2, -0.15) is 0 Å². The van der Waals surface area contributed by atoms with Gasteiger partial charge in [0.1, 0.15) is 12.7 Å². The number of benzene rings is 2. The molecule has 0 fully saturated rings. The SMILES string of the molecule is CC(C)(C)c1ccc(Nc2ncnc3c2ncn3-c2ccccc2Cl)cc1. The summed E-state index contributed by atoms with van der Waals surface area (Å²) in [5, 5.41) is 3.99. The van der Waals surface area contributed by atoms with Crippen LogP contribution in [-0.4, -0.2) is 19.5 Å². The van der Waals surface area contributed by atoms with Gasteiger partial charge in [0, 0.05) is 5.69 Å². The van der Waals surface area contributed by atoms with Gasteiger partial charge >= 0.3 is 0 Å². The lowest BCUT2D eigenvalue weighted by atomic mass is 9.87. The molecule has 136 valence electrons. The summed E-state index contributed by atoms with van der Waals surface area (Å²) in [4.78, 5) is 13.3. The van der Waals surface area contributed by atoms with Gasteiger partial charge in [-0.15, -0.1) is 0 Å². The smallest absolute Gasteiger partial charge is 0.170 e. The van der Waals surface area contributed by atoms with Gasteiger partial charge in [0.05, 0.1) is 10.7 Å². The van der Waals surface area contributed by atoms with Crippen molar-refractivity contribution in [1.82, 2.24) is 19.5 Å². The standard InChI is InChI=1S/C21H20ClN5/c1-21(2,3)14-8-10-15(11-9-14)26-19-18-20(24-12-23-19)27(13-25-18)17-7-5-4-6-16(17)22/h4-13H,1-3H3,(H,23,24,26). The van der Waals surface area contributed by atoms with Crippen LogP contribution in [0.5, 0.6) is 0 Å². The molecule has 6 heteroatoms. The Kier molecular flexibility index (Phi) is 4.32. The first-order chi connectivity index (χ1) is 12.9. The van der Waals surface area contributed by atoms with Crippen molar-refractivity contribution in [3.05, 3.63) is 71.8 Å². The minimum Gasteiger partial charge on any atom is -0.338 e. The predicted octanol–water partition coefficient (Wildman–Crippen LogP) is 5.51. The lowest BCUT2D eigenvalue weighted by Gasteiger charge is -2.19. The second kappa shape index (κ2) is 6.67. The van der Waals surface area contributed by atoms with E-state index < -0.39 is 0 Å². The maximum Gasteiger partial charge on any atom is 0.170 e. The molecule has 0 saturated heterocycles. The van der Waals surface area contributed by atoms with E-state index in [-0.39, 0.29) is 5.41 Å². The summed E-state index contributed by atoms with van der Waals surface area (Å²) in [6, 6.07) is 16.0. The van der Waals surface area contributed by atoms with Crippen LogP contribution in [0.3, 0.4) is 0 Å². The quantitative estimate of drug-likeness (QED) is 0.511. The molecular formula is C21H20ClN5. The Balaban J connectivity index is 1.71. The van der Waals surface area contributed by atoms with Gasteiger partial charge in [0.15, 0.2) is 17.0 Å². The average molecular weight is 378 g/mol. The summed E-state index contributed by atoms with van der Waals surface area (Å²) in [5.74, 6) is 0.661. The monoisotopic (exact) mass is 377 g/mol. The molecule has 1 N–H and O–H groups in total. The third-order valence-electron chi connectivity index (χ3n) is 4.46. The molecule has 0 aliphatic rings. The van der Waals surface area contributed by atoms with Crippen LogP contribution in [0.4, 0.5) is 11.5 Å². The number of rotatable bonds is 3. The van der Waals surface area contributed by atoms with Crippen molar-refractivity contribution in [2.24, 2.45) is 0 Å². The summed E-state index contributed by atoms with van der Waals surface area (Å²) in [6.07, 6.45) is 3.25. The molecular weight excluding hydrogens is 358 g/mol. The first kappa shape index (κ1) is 17.5. The molecule has 5 nitrogen and oxygen atoms in total. The number of nitrogens with zero attached hydrogens (tertiary/aromatic N) is 4. The highest BCUT2D eigenvalue weighted by Gasteiger charge is 2.15. The number of aromatic nitrogens is 4. The summed E-state index contributed by atoms with van der Waals surface area (Å²) in [5.41, 5.74) is 4.58. The average Bonchev–Trinajstić information content (AvgIpc) is 3.07. The minimum atomic E-state index is 0.119. The topological polar surface area (TPSA) is 55.6 Å². The fourth-order valence-corrected chi connectivity index (χ4v) is 3.17. The number of halogens is 1. The van der Waals surface area contributed by atoms with E-state index in [0.29, 0.717) is 22.0 Å². The number of para-hydroxylation sites is 1. The lowest BCUT2D eigenvalue weighted by molar-refractivity contribution is 0.590. The highest BCUT2D eigenvalue weighted by atomic mass is 35.5. The molecule has 0 saturated carbocycles. The first-order valence-electron chi connectivity index (χ1n) is 8.74. The van der Waals surface area contributed by atoms with Crippen molar-refractivity contribution in [2.75, 3.05) is 5.32 Å². The zero-order valence-corrected chi connectivity index (χ0v) is 16.2. The summed E-state index contributed by atoms with van der Waals surface area (Å²) in [6.45, 7) is 6.60. The number of nitrogens with one attached hydrogen (secondary N) is 1. The highest BCUT2D eigenvalue weighted by molar-refractivity contribution is 6.32. The molecule has 0 aliphatic heterocycles. The number of imidazole rings is 1. The van der Waals surface area contributed by atoms with Crippen LogP contribution in [0, 0.1) is 0 Å². The van der Waals surface area contributed by atoms with E-state index in [0.717, 1.165) is 11.4 Å². The largest absolute Gasteiger partial charge is 0.338 e. The van der Waals surface area contributed by atoms with E-state index >= 15 is 0 Å². The van der Waals surface area contributed by atoms with Gasteiger partial charge in [0.25, 0.3) is 0 Å². The van der Waals surface area contributed by atoms with Crippen LogP contribution in [0.15, 0.2) is 61.2 Å². The molecule has 4 rings (SSSR count). The van der Waals surface area contributed by atoms with Crippen LogP contribution in [-0.2, 0) is 5.41 Å². The zero-order chi connectivity index (χ0) is 19.0. The summed E-state index contributed by atoms with van der Waals surface area (Å²) < 4.78 is 1.87. The van der Waals surface area contributed by atoms with Crippen molar-refractivity contribution in [1.29, 1.82) is 0 Å². The number of anilines is 2.